The van der Waals surface area contributed by atoms with E-state index >= 15 is 0 Å². The first-order chi connectivity index (χ1) is 9.92. The maximum atomic E-state index is 11.7. The summed E-state index contributed by atoms with van der Waals surface area (Å²) in [6.07, 6.45) is -0.480. The fourth-order valence-electron chi connectivity index (χ4n) is 1.53. The molecule has 0 aromatic heterocycles. The largest absolute Gasteiger partial charge is 0.494 e. The molecular formula is C13H17N3O5. The number of rotatable bonds is 7. The summed E-state index contributed by atoms with van der Waals surface area (Å²) in [6.45, 7) is 2.38. The van der Waals surface area contributed by atoms with Crippen LogP contribution in [0.2, 0.25) is 0 Å². The van der Waals surface area contributed by atoms with E-state index in [9.17, 15) is 14.4 Å². The molecule has 0 heterocycles. The Morgan fingerprint density at radius 3 is 2.38 bits per heavy atom. The van der Waals surface area contributed by atoms with E-state index in [1.807, 2.05) is 6.92 Å². The molecule has 5 N–H and O–H groups in total. The normalized spacial score (nSPS) is 11.3. The highest BCUT2D eigenvalue weighted by Crippen LogP contribution is 2.15. The van der Waals surface area contributed by atoms with Gasteiger partial charge in [-0.1, -0.05) is 0 Å². The predicted molar refractivity (Wildman–Crippen MR) is 75.0 cm³/mol. The summed E-state index contributed by atoms with van der Waals surface area (Å²) in [7, 11) is 0. The van der Waals surface area contributed by atoms with Crippen molar-refractivity contribution in [2.24, 2.45) is 5.73 Å². The second kappa shape index (κ2) is 7.73. The summed E-state index contributed by atoms with van der Waals surface area (Å²) in [5, 5.41) is 13.5. The number of primary amides is 1. The Kier molecular flexibility index (Phi) is 5.99. The van der Waals surface area contributed by atoms with Crippen molar-refractivity contribution in [2.75, 3.05) is 11.9 Å². The molecule has 1 aromatic carbocycles. The van der Waals surface area contributed by atoms with Crippen LogP contribution in [0.15, 0.2) is 24.3 Å². The lowest BCUT2D eigenvalue weighted by molar-refractivity contribution is -0.140. The van der Waals surface area contributed by atoms with Crippen LogP contribution in [0.4, 0.5) is 10.5 Å². The van der Waals surface area contributed by atoms with Crippen LogP contribution >= 0.6 is 0 Å². The standard InChI is InChI=1S/C13H17N3O5/c1-2-21-9-5-3-8(4-6-9)15-13(20)16-10(12(18)19)7-11(14)17/h3-6,10H,2,7H2,1H3,(H2,14,17)(H,18,19)(H2,15,16,20)/t10-/m0/s1. The van der Waals surface area contributed by atoms with Crippen LogP contribution in [-0.4, -0.2) is 35.7 Å². The second-order valence-electron chi connectivity index (χ2n) is 4.12. The number of aliphatic carboxylic acids is 1. The number of carbonyl (C=O) groups is 3. The Bertz CT molecular complexity index is 515. The molecule has 0 unspecified atom stereocenters. The molecule has 8 heteroatoms. The van der Waals surface area contributed by atoms with Gasteiger partial charge in [-0.2, -0.15) is 0 Å². The number of nitrogens with one attached hydrogen (secondary N) is 2. The number of amides is 3. The molecule has 1 aromatic rings. The van der Waals surface area contributed by atoms with E-state index in [4.69, 9.17) is 15.6 Å². The van der Waals surface area contributed by atoms with Crippen molar-refractivity contribution in [1.82, 2.24) is 5.32 Å². The minimum atomic E-state index is -1.37. The quantitative estimate of drug-likeness (QED) is 0.583. The molecule has 1 rings (SSSR count). The Morgan fingerprint density at radius 1 is 1.29 bits per heavy atom. The topological polar surface area (TPSA) is 131 Å². The van der Waals surface area contributed by atoms with E-state index in [0.717, 1.165) is 0 Å². The molecule has 0 spiro atoms. The molecular weight excluding hydrogens is 278 g/mol. The maximum absolute atomic E-state index is 11.7. The SMILES string of the molecule is CCOc1ccc(NC(=O)N[C@@H](CC(N)=O)C(=O)O)cc1. The van der Waals surface area contributed by atoms with Crippen molar-refractivity contribution >= 4 is 23.6 Å². The van der Waals surface area contributed by atoms with Gasteiger partial charge >= 0.3 is 12.0 Å². The summed E-state index contributed by atoms with van der Waals surface area (Å²) in [5.41, 5.74) is 5.37. The number of anilines is 1. The van der Waals surface area contributed by atoms with Crippen molar-refractivity contribution < 1.29 is 24.2 Å². The number of urea groups is 1. The zero-order valence-electron chi connectivity index (χ0n) is 11.5. The number of benzene rings is 1. The van der Waals surface area contributed by atoms with Crippen LogP contribution in [0.25, 0.3) is 0 Å². The Hall–Kier alpha value is -2.77. The van der Waals surface area contributed by atoms with Crippen LogP contribution < -0.4 is 21.1 Å². The van der Waals surface area contributed by atoms with Gasteiger partial charge in [0, 0.05) is 5.69 Å². The molecule has 1 atom stereocenters. The van der Waals surface area contributed by atoms with Crippen molar-refractivity contribution in [3.05, 3.63) is 24.3 Å². The van der Waals surface area contributed by atoms with Crippen molar-refractivity contribution in [3.8, 4) is 5.75 Å². The van der Waals surface area contributed by atoms with Crippen LogP contribution in [0.1, 0.15) is 13.3 Å². The smallest absolute Gasteiger partial charge is 0.326 e. The average Bonchev–Trinajstić information content (AvgIpc) is 2.40. The third-order valence-corrected chi connectivity index (χ3v) is 2.43. The molecule has 0 radical (unpaired) electrons. The summed E-state index contributed by atoms with van der Waals surface area (Å²) < 4.78 is 5.25. The molecule has 0 aliphatic carbocycles. The first-order valence-corrected chi connectivity index (χ1v) is 6.24. The lowest BCUT2D eigenvalue weighted by atomic mass is 10.2. The Labute approximate surface area is 121 Å². The van der Waals surface area contributed by atoms with Gasteiger partial charge in [0.1, 0.15) is 11.8 Å². The molecule has 0 saturated carbocycles. The van der Waals surface area contributed by atoms with E-state index in [2.05, 4.69) is 10.6 Å². The van der Waals surface area contributed by atoms with Crippen molar-refractivity contribution in [3.63, 3.8) is 0 Å². The first-order valence-electron chi connectivity index (χ1n) is 6.24. The van der Waals surface area contributed by atoms with Crippen LogP contribution in [0.3, 0.4) is 0 Å². The van der Waals surface area contributed by atoms with Gasteiger partial charge in [-0.05, 0) is 31.2 Å². The summed E-state index contributed by atoms with van der Waals surface area (Å²) in [6, 6.07) is 4.43. The maximum Gasteiger partial charge on any atom is 0.326 e. The molecule has 0 aliphatic rings. The predicted octanol–water partition coefficient (Wildman–Crippen LogP) is 0.535. The zero-order valence-corrected chi connectivity index (χ0v) is 11.5. The number of hydrogen-bond donors (Lipinski definition) is 4. The highest BCUT2D eigenvalue weighted by Gasteiger charge is 2.22. The van der Waals surface area contributed by atoms with Gasteiger partial charge in [0.2, 0.25) is 5.91 Å². The third kappa shape index (κ3) is 5.81. The third-order valence-electron chi connectivity index (χ3n) is 2.43. The minimum absolute atomic E-state index is 0.458. The molecule has 0 bridgehead atoms. The lowest BCUT2D eigenvalue weighted by Gasteiger charge is -2.13. The Balaban J connectivity index is 2.59. The highest BCUT2D eigenvalue weighted by molar-refractivity contribution is 5.93. The van der Waals surface area contributed by atoms with Crippen molar-refractivity contribution in [2.45, 2.75) is 19.4 Å². The average molecular weight is 295 g/mol. The summed E-state index contributed by atoms with van der Waals surface area (Å²) >= 11 is 0. The van der Waals surface area contributed by atoms with Crippen LogP contribution in [0, 0.1) is 0 Å². The zero-order chi connectivity index (χ0) is 15.8. The number of carboxylic acid groups (broad SMARTS) is 1. The van der Waals surface area contributed by atoms with Crippen molar-refractivity contribution in [1.29, 1.82) is 0 Å². The number of carboxylic acids is 1. The van der Waals surface area contributed by atoms with Gasteiger partial charge in [-0.3, -0.25) is 4.79 Å². The van der Waals surface area contributed by atoms with E-state index in [0.29, 0.717) is 18.0 Å². The van der Waals surface area contributed by atoms with Crippen LogP contribution in [-0.2, 0) is 9.59 Å². The fourth-order valence-corrected chi connectivity index (χ4v) is 1.53. The van der Waals surface area contributed by atoms with Gasteiger partial charge in [-0.25, -0.2) is 9.59 Å². The molecule has 0 saturated heterocycles. The molecule has 8 nitrogen and oxygen atoms in total. The van der Waals surface area contributed by atoms with Gasteiger partial charge < -0.3 is 26.2 Å². The van der Waals surface area contributed by atoms with Crippen LogP contribution in [0.5, 0.6) is 5.75 Å². The van der Waals surface area contributed by atoms with Gasteiger partial charge in [-0.15, -0.1) is 0 Å². The highest BCUT2D eigenvalue weighted by atomic mass is 16.5. The molecule has 21 heavy (non-hydrogen) atoms. The molecule has 3 amide bonds. The molecule has 0 fully saturated rings. The van der Waals surface area contributed by atoms with E-state index in [-0.39, 0.29) is 0 Å². The van der Waals surface area contributed by atoms with Gasteiger partial charge in [0.25, 0.3) is 0 Å². The molecule has 0 aliphatic heterocycles. The van der Waals surface area contributed by atoms with E-state index < -0.39 is 30.4 Å². The molecule has 114 valence electrons. The van der Waals surface area contributed by atoms with Gasteiger partial charge in [0.15, 0.2) is 0 Å². The first kappa shape index (κ1) is 16.3. The summed E-state index contributed by atoms with van der Waals surface area (Å²) in [5.74, 6) is -1.50. The second-order valence-corrected chi connectivity index (χ2v) is 4.12. The number of ether oxygens (including phenoxy) is 1. The van der Waals surface area contributed by atoms with E-state index in [1.54, 1.807) is 24.3 Å². The van der Waals surface area contributed by atoms with Gasteiger partial charge in [0.05, 0.1) is 13.0 Å². The summed E-state index contributed by atoms with van der Waals surface area (Å²) in [4.78, 5) is 33.2. The fraction of sp³-hybridized carbons (Fsp3) is 0.308. The Morgan fingerprint density at radius 2 is 1.90 bits per heavy atom. The lowest BCUT2D eigenvalue weighted by Crippen LogP contribution is -2.45. The minimum Gasteiger partial charge on any atom is -0.494 e. The van der Waals surface area contributed by atoms with E-state index in [1.165, 1.54) is 0 Å². The number of nitrogens with two attached hydrogens (primary N) is 1. The number of carbonyl (C=O) groups excluding carboxylic acids is 2. The number of hydrogen-bond acceptors (Lipinski definition) is 4. The monoisotopic (exact) mass is 295 g/mol.